The van der Waals surface area contributed by atoms with E-state index in [0.717, 1.165) is 0 Å². The second-order valence-electron chi connectivity index (χ2n) is 4.03. The Morgan fingerprint density at radius 3 is 2.62 bits per heavy atom. The molecule has 0 aliphatic heterocycles. The summed E-state index contributed by atoms with van der Waals surface area (Å²) in [4.78, 5) is 22.3. The molecule has 2 aromatic carbocycles. The van der Waals surface area contributed by atoms with Crippen molar-refractivity contribution >= 4 is 28.9 Å². The summed E-state index contributed by atoms with van der Waals surface area (Å²) in [6.45, 7) is 0. The number of nitro groups is 1. The minimum absolute atomic E-state index is 0.0528. The van der Waals surface area contributed by atoms with Crippen LogP contribution in [0.2, 0.25) is 5.02 Å². The fraction of sp³-hybridized carbons (Fsp3) is 0. The predicted octanol–water partition coefficient (Wildman–Crippen LogP) is 3.37. The smallest absolute Gasteiger partial charge is 0.282 e. The molecule has 0 bridgehead atoms. The Kier molecular flexibility index (Phi) is 4.16. The maximum absolute atomic E-state index is 12.1. The highest BCUT2D eigenvalue weighted by Gasteiger charge is 2.19. The average molecular weight is 302 g/mol. The summed E-state index contributed by atoms with van der Waals surface area (Å²) in [6, 6.07) is 11.9. The van der Waals surface area contributed by atoms with E-state index in [2.05, 4.69) is 5.32 Å². The zero-order chi connectivity index (χ0) is 15.4. The number of carbonyl (C=O) groups is 1. The number of hydrogen-bond donors (Lipinski definition) is 1. The minimum Gasteiger partial charge on any atom is -0.322 e. The van der Waals surface area contributed by atoms with Crippen molar-refractivity contribution in [2.24, 2.45) is 0 Å². The van der Waals surface area contributed by atoms with Gasteiger partial charge in [0, 0.05) is 11.8 Å². The summed E-state index contributed by atoms with van der Waals surface area (Å²) in [5.41, 5.74) is 0.292. The molecule has 0 atom stereocenters. The van der Waals surface area contributed by atoms with Gasteiger partial charge in [-0.25, -0.2) is 0 Å². The number of para-hydroxylation sites is 1. The molecule has 104 valence electrons. The van der Waals surface area contributed by atoms with E-state index in [0.29, 0.717) is 5.69 Å². The molecule has 7 heteroatoms. The first-order chi connectivity index (χ1) is 10.0. The molecule has 0 aliphatic carbocycles. The molecular formula is C14H8ClN3O3. The molecule has 0 aromatic heterocycles. The third-order valence-electron chi connectivity index (χ3n) is 2.69. The Morgan fingerprint density at radius 2 is 2.00 bits per heavy atom. The van der Waals surface area contributed by atoms with Crippen LogP contribution < -0.4 is 5.32 Å². The van der Waals surface area contributed by atoms with Crippen molar-refractivity contribution in [1.29, 1.82) is 5.26 Å². The Morgan fingerprint density at radius 1 is 1.29 bits per heavy atom. The van der Waals surface area contributed by atoms with Gasteiger partial charge in [-0.1, -0.05) is 23.7 Å². The van der Waals surface area contributed by atoms with Gasteiger partial charge in [-0.05, 0) is 24.3 Å². The van der Waals surface area contributed by atoms with Crippen LogP contribution in [0.4, 0.5) is 11.4 Å². The molecule has 0 spiro atoms. The monoisotopic (exact) mass is 301 g/mol. The number of halogens is 1. The van der Waals surface area contributed by atoms with E-state index in [1.54, 1.807) is 0 Å². The van der Waals surface area contributed by atoms with E-state index in [-0.39, 0.29) is 21.8 Å². The van der Waals surface area contributed by atoms with Crippen LogP contribution in [0.25, 0.3) is 0 Å². The SMILES string of the molecule is N#Cc1ccc(NC(=O)c2ccccc2[N+](=O)[O-])cc1Cl. The number of amides is 1. The molecule has 1 amide bonds. The zero-order valence-corrected chi connectivity index (χ0v) is 11.3. The van der Waals surface area contributed by atoms with Gasteiger partial charge in [0.2, 0.25) is 0 Å². The number of carbonyl (C=O) groups excluding carboxylic acids is 1. The molecule has 0 radical (unpaired) electrons. The summed E-state index contributed by atoms with van der Waals surface area (Å²) >= 11 is 5.86. The van der Waals surface area contributed by atoms with Gasteiger partial charge in [-0.15, -0.1) is 0 Å². The second-order valence-corrected chi connectivity index (χ2v) is 4.44. The third-order valence-corrected chi connectivity index (χ3v) is 3.01. The highest BCUT2D eigenvalue weighted by Crippen LogP contribution is 2.23. The molecule has 2 aromatic rings. The highest BCUT2D eigenvalue weighted by atomic mass is 35.5. The van der Waals surface area contributed by atoms with Crippen molar-refractivity contribution in [3.63, 3.8) is 0 Å². The van der Waals surface area contributed by atoms with Crippen LogP contribution in [0.1, 0.15) is 15.9 Å². The molecule has 21 heavy (non-hydrogen) atoms. The van der Waals surface area contributed by atoms with Gasteiger partial charge < -0.3 is 5.32 Å². The first-order valence-electron chi connectivity index (χ1n) is 5.77. The normalized spacial score (nSPS) is 9.71. The number of anilines is 1. The van der Waals surface area contributed by atoms with Gasteiger partial charge >= 0.3 is 0 Å². The van der Waals surface area contributed by atoms with E-state index in [1.807, 2.05) is 6.07 Å². The fourth-order valence-corrected chi connectivity index (χ4v) is 1.93. The third kappa shape index (κ3) is 3.16. The quantitative estimate of drug-likeness (QED) is 0.694. The topological polar surface area (TPSA) is 96.0 Å². The van der Waals surface area contributed by atoms with Crippen molar-refractivity contribution in [3.05, 3.63) is 68.7 Å². The summed E-state index contributed by atoms with van der Waals surface area (Å²) < 4.78 is 0. The lowest BCUT2D eigenvalue weighted by Crippen LogP contribution is -2.13. The minimum atomic E-state index is -0.624. The number of nitrogens with one attached hydrogen (secondary N) is 1. The van der Waals surface area contributed by atoms with E-state index in [9.17, 15) is 14.9 Å². The number of rotatable bonds is 3. The van der Waals surface area contributed by atoms with Crippen LogP contribution in [0.3, 0.4) is 0 Å². The molecule has 0 saturated carbocycles. The molecule has 6 nitrogen and oxygen atoms in total. The first kappa shape index (κ1) is 14.5. The molecule has 0 heterocycles. The van der Waals surface area contributed by atoms with E-state index < -0.39 is 10.8 Å². The Labute approximate surface area is 124 Å². The number of hydrogen-bond acceptors (Lipinski definition) is 4. The van der Waals surface area contributed by atoms with Crippen LogP contribution in [0.15, 0.2) is 42.5 Å². The summed E-state index contributed by atoms with van der Waals surface area (Å²) in [7, 11) is 0. The highest BCUT2D eigenvalue weighted by molar-refractivity contribution is 6.32. The van der Waals surface area contributed by atoms with Gasteiger partial charge in [-0.2, -0.15) is 5.26 Å². The van der Waals surface area contributed by atoms with Crippen LogP contribution >= 0.6 is 11.6 Å². The summed E-state index contributed by atoms with van der Waals surface area (Å²) in [6.07, 6.45) is 0. The first-order valence-corrected chi connectivity index (χ1v) is 6.15. The fourth-order valence-electron chi connectivity index (χ4n) is 1.71. The predicted molar refractivity (Wildman–Crippen MR) is 77.2 cm³/mol. The van der Waals surface area contributed by atoms with E-state index in [1.165, 1.54) is 42.5 Å². The lowest BCUT2D eigenvalue weighted by atomic mass is 10.1. The number of nitrogens with zero attached hydrogens (tertiary/aromatic N) is 2. The standard InChI is InChI=1S/C14H8ClN3O3/c15-12-7-10(6-5-9(12)8-16)17-14(19)11-3-1-2-4-13(11)18(20)21/h1-7H,(H,17,19). The average Bonchev–Trinajstić information content (AvgIpc) is 2.47. The summed E-state index contributed by atoms with van der Waals surface area (Å²) in [5.74, 6) is -0.622. The van der Waals surface area contributed by atoms with Crippen molar-refractivity contribution in [1.82, 2.24) is 0 Å². The maximum Gasteiger partial charge on any atom is 0.282 e. The van der Waals surface area contributed by atoms with Gasteiger partial charge in [0.15, 0.2) is 0 Å². The summed E-state index contributed by atoms with van der Waals surface area (Å²) in [5, 5.41) is 22.4. The number of nitro benzene ring substituents is 1. The number of benzene rings is 2. The second kappa shape index (κ2) is 6.03. The molecule has 0 unspecified atom stereocenters. The van der Waals surface area contributed by atoms with Crippen LogP contribution in [0, 0.1) is 21.4 Å². The zero-order valence-electron chi connectivity index (χ0n) is 10.5. The Balaban J connectivity index is 2.29. The van der Waals surface area contributed by atoms with Crippen molar-refractivity contribution in [3.8, 4) is 6.07 Å². The van der Waals surface area contributed by atoms with Gasteiger partial charge in [-0.3, -0.25) is 14.9 Å². The molecule has 0 aliphatic rings. The van der Waals surface area contributed by atoms with E-state index in [4.69, 9.17) is 16.9 Å². The van der Waals surface area contributed by atoms with Crippen LogP contribution in [-0.4, -0.2) is 10.8 Å². The lowest BCUT2D eigenvalue weighted by Gasteiger charge is -2.06. The van der Waals surface area contributed by atoms with Gasteiger partial charge in [0.1, 0.15) is 11.6 Å². The van der Waals surface area contributed by atoms with Crippen molar-refractivity contribution in [2.45, 2.75) is 0 Å². The lowest BCUT2D eigenvalue weighted by molar-refractivity contribution is -0.385. The molecule has 0 fully saturated rings. The van der Waals surface area contributed by atoms with Crippen LogP contribution in [-0.2, 0) is 0 Å². The van der Waals surface area contributed by atoms with E-state index >= 15 is 0 Å². The molecular weight excluding hydrogens is 294 g/mol. The Hall–Kier alpha value is -2.91. The maximum atomic E-state index is 12.1. The molecule has 1 N–H and O–H groups in total. The van der Waals surface area contributed by atoms with Crippen molar-refractivity contribution < 1.29 is 9.72 Å². The largest absolute Gasteiger partial charge is 0.322 e. The van der Waals surface area contributed by atoms with Crippen molar-refractivity contribution in [2.75, 3.05) is 5.32 Å². The van der Waals surface area contributed by atoms with Gasteiger partial charge in [0.25, 0.3) is 11.6 Å². The Bertz CT molecular complexity index is 768. The molecule has 2 rings (SSSR count). The molecule has 0 saturated heterocycles. The van der Waals surface area contributed by atoms with Gasteiger partial charge in [0.05, 0.1) is 15.5 Å². The van der Waals surface area contributed by atoms with Crippen LogP contribution in [0.5, 0.6) is 0 Å². The number of nitriles is 1.